The number of piperazine rings is 1. The Hall–Kier alpha value is -3.25. The molecule has 1 aliphatic rings. The maximum atomic E-state index is 12.6. The highest BCUT2D eigenvalue weighted by molar-refractivity contribution is 5.78. The van der Waals surface area contributed by atoms with Crippen LogP contribution in [0.5, 0.6) is 5.75 Å². The molecule has 31 heavy (non-hydrogen) atoms. The number of carbonyl (C=O) groups is 1. The standard InChI is InChI=1S/C25H29N3O3/c1-30-22-11-9-20(10-12-22)18-25(29)26-19-23(24-8-5-17-31-24)28-15-13-27(14-16-28)21-6-3-2-4-7-21/h2-12,17,23H,13-16,18-19H2,1H3,(H,26,29)/t23-/m0/s1. The van der Waals surface area contributed by atoms with Crippen LogP contribution in [-0.4, -0.2) is 50.6 Å². The van der Waals surface area contributed by atoms with Crippen LogP contribution in [0.4, 0.5) is 5.69 Å². The van der Waals surface area contributed by atoms with Gasteiger partial charge >= 0.3 is 0 Å². The first kappa shape index (κ1) is 21.0. The largest absolute Gasteiger partial charge is 0.497 e. The summed E-state index contributed by atoms with van der Waals surface area (Å²) in [6, 6.07) is 22.0. The van der Waals surface area contributed by atoms with Gasteiger partial charge in [-0.2, -0.15) is 0 Å². The van der Waals surface area contributed by atoms with Crippen molar-refractivity contribution in [2.24, 2.45) is 0 Å². The predicted molar refractivity (Wildman–Crippen MR) is 121 cm³/mol. The van der Waals surface area contributed by atoms with Gasteiger partial charge in [-0.25, -0.2) is 0 Å². The zero-order valence-electron chi connectivity index (χ0n) is 17.9. The van der Waals surface area contributed by atoms with Crippen molar-refractivity contribution >= 4 is 11.6 Å². The number of hydrogen-bond acceptors (Lipinski definition) is 5. The van der Waals surface area contributed by atoms with Crippen LogP contribution < -0.4 is 15.0 Å². The van der Waals surface area contributed by atoms with E-state index in [9.17, 15) is 4.79 Å². The number of hydrogen-bond donors (Lipinski definition) is 1. The third-order valence-electron chi connectivity index (χ3n) is 5.76. The van der Waals surface area contributed by atoms with Crippen molar-refractivity contribution in [1.29, 1.82) is 0 Å². The Morgan fingerprint density at radius 2 is 1.74 bits per heavy atom. The Morgan fingerprint density at radius 3 is 2.39 bits per heavy atom. The van der Waals surface area contributed by atoms with E-state index in [2.05, 4.69) is 39.4 Å². The van der Waals surface area contributed by atoms with Crippen LogP contribution >= 0.6 is 0 Å². The number of furan rings is 1. The van der Waals surface area contributed by atoms with Gasteiger partial charge in [0.1, 0.15) is 11.5 Å². The van der Waals surface area contributed by atoms with Crippen molar-refractivity contribution in [2.75, 3.05) is 44.7 Å². The molecule has 6 heteroatoms. The first-order chi connectivity index (χ1) is 15.2. The molecular formula is C25H29N3O3. The van der Waals surface area contributed by atoms with Crippen LogP contribution in [0.2, 0.25) is 0 Å². The van der Waals surface area contributed by atoms with Crippen LogP contribution in [0, 0.1) is 0 Å². The van der Waals surface area contributed by atoms with Crippen molar-refractivity contribution in [2.45, 2.75) is 12.5 Å². The Labute approximate surface area is 183 Å². The molecule has 1 aromatic heterocycles. The topological polar surface area (TPSA) is 58.0 Å². The van der Waals surface area contributed by atoms with Gasteiger partial charge in [0.05, 0.1) is 25.8 Å². The molecule has 0 bridgehead atoms. The number of methoxy groups -OCH3 is 1. The number of rotatable bonds is 8. The summed E-state index contributed by atoms with van der Waals surface area (Å²) < 4.78 is 10.9. The molecule has 3 aromatic rings. The molecule has 1 saturated heterocycles. The van der Waals surface area contributed by atoms with Crippen LogP contribution in [0.3, 0.4) is 0 Å². The third kappa shape index (κ3) is 5.47. The quantitative estimate of drug-likeness (QED) is 0.606. The smallest absolute Gasteiger partial charge is 0.224 e. The summed E-state index contributed by atoms with van der Waals surface area (Å²) in [5.41, 5.74) is 2.22. The van der Waals surface area contributed by atoms with E-state index in [1.807, 2.05) is 42.5 Å². The Morgan fingerprint density at radius 1 is 1.00 bits per heavy atom. The van der Waals surface area contributed by atoms with E-state index in [1.54, 1.807) is 13.4 Å². The van der Waals surface area contributed by atoms with Crippen molar-refractivity contribution in [3.63, 3.8) is 0 Å². The Kier molecular flexibility index (Phi) is 6.89. The van der Waals surface area contributed by atoms with Gasteiger partial charge < -0.3 is 19.4 Å². The predicted octanol–water partition coefficient (Wildman–Crippen LogP) is 3.51. The molecule has 0 saturated carbocycles. The normalized spacial score (nSPS) is 15.5. The summed E-state index contributed by atoms with van der Waals surface area (Å²) in [5, 5.41) is 3.10. The van der Waals surface area contributed by atoms with Gasteiger partial charge in [0.25, 0.3) is 0 Å². The fourth-order valence-electron chi connectivity index (χ4n) is 4.02. The van der Waals surface area contributed by atoms with Gasteiger partial charge in [-0.15, -0.1) is 0 Å². The number of para-hydroxylation sites is 1. The molecule has 162 valence electrons. The monoisotopic (exact) mass is 419 g/mol. The zero-order chi connectivity index (χ0) is 21.5. The number of anilines is 1. The Balaban J connectivity index is 1.34. The summed E-state index contributed by atoms with van der Waals surface area (Å²) in [5.74, 6) is 1.68. The summed E-state index contributed by atoms with van der Waals surface area (Å²) in [7, 11) is 1.64. The number of amides is 1. The number of nitrogens with zero attached hydrogens (tertiary/aromatic N) is 2. The maximum absolute atomic E-state index is 12.6. The lowest BCUT2D eigenvalue weighted by Gasteiger charge is -2.39. The van der Waals surface area contributed by atoms with Gasteiger partial charge in [0.2, 0.25) is 5.91 Å². The minimum Gasteiger partial charge on any atom is -0.497 e. The highest BCUT2D eigenvalue weighted by Gasteiger charge is 2.27. The minimum absolute atomic E-state index is 0.00430. The van der Waals surface area contributed by atoms with E-state index in [0.29, 0.717) is 13.0 Å². The fourth-order valence-corrected chi connectivity index (χ4v) is 4.02. The molecule has 1 amide bonds. The number of benzene rings is 2. The number of nitrogens with one attached hydrogen (secondary N) is 1. The maximum Gasteiger partial charge on any atom is 0.224 e. The number of carbonyl (C=O) groups excluding carboxylic acids is 1. The highest BCUT2D eigenvalue weighted by Crippen LogP contribution is 2.24. The summed E-state index contributed by atoms with van der Waals surface area (Å²) in [6.45, 7) is 4.24. The van der Waals surface area contributed by atoms with E-state index in [4.69, 9.17) is 9.15 Å². The molecular weight excluding hydrogens is 390 g/mol. The van der Waals surface area contributed by atoms with Crippen molar-refractivity contribution < 1.29 is 13.9 Å². The number of ether oxygens (including phenoxy) is 1. The molecule has 0 aliphatic carbocycles. The average molecular weight is 420 g/mol. The summed E-state index contributed by atoms with van der Waals surface area (Å²) in [4.78, 5) is 17.4. The molecule has 1 N–H and O–H groups in total. The van der Waals surface area contributed by atoms with Gasteiger partial charge in [0, 0.05) is 38.4 Å². The second kappa shape index (κ2) is 10.2. The first-order valence-electron chi connectivity index (χ1n) is 10.7. The molecule has 2 aromatic carbocycles. The molecule has 1 fully saturated rings. The van der Waals surface area contributed by atoms with Gasteiger partial charge in [-0.05, 0) is 42.0 Å². The van der Waals surface area contributed by atoms with Crippen LogP contribution in [-0.2, 0) is 11.2 Å². The van der Waals surface area contributed by atoms with E-state index >= 15 is 0 Å². The molecule has 6 nitrogen and oxygen atoms in total. The lowest BCUT2D eigenvalue weighted by Crippen LogP contribution is -2.50. The highest BCUT2D eigenvalue weighted by atomic mass is 16.5. The van der Waals surface area contributed by atoms with E-state index in [0.717, 1.165) is 43.3 Å². The fraction of sp³-hybridized carbons (Fsp3) is 0.320. The van der Waals surface area contributed by atoms with Crippen molar-refractivity contribution in [1.82, 2.24) is 10.2 Å². The van der Waals surface area contributed by atoms with Gasteiger partial charge in [-0.3, -0.25) is 9.69 Å². The zero-order valence-corrected chi connectivity index (χ0v) is 17.9. The lowest BCUT2D eigenvalue weighted by atomic mass is 10.1. The Bertz CT molecular complexity index is 934. The SMILES string of the molecule is COc1ccc(CC(=O)NC[C@@H](c2ccco2)N2CCN(c3ccccc3)CC2)cc1. The lowest BCUT2D eigenvalue weighted by molar-refractivity contribution is -0.120. The molecule has 2 heterocycles. The van der Waals surface area contributed by atoms with Crippen LogP contribution in [0.25, 0.3) is 0 Å². The second-order valence-electron chi connectivity index (χ2n) is 7.72. The van der Waals surface area contributed by atoms with E-state index < -0.39 is 0 Å². The molecule has 0 radical (unpaired) electrons. The average Bonchev–Trinajstić information content (AvgIpc) is 3.35. The third-order valence-corrected chi connectivity index (χ3v) is 5.76. The van der Waals surface area contributed by atoms with Crippen molar-refractivity contribution in [3.05, 3.63) is 84.3 Å². The summed E-state index contributed by atoms with van der Waals surface area (Å²) >= 11 is 0. The second-order valence-corrected chi connectivity index (χ2v) is 7.72. The van der Waals surface area contributed by atoms with Crippen LogP contribution in [0.1, 0.15) is 17.4 Å². The molecule has 1 atom stereocenters. The molecule has 1 aliphatic heterocycles. The molecule has 0 unspecified atom stereocenters. The molecule has 4 rings (SSSR count). The van der Waals surface area contributed by atoms with Gasteiger partial charge in [-0.1, -0.05) is 30.3 Å². The summed E-state index contributed by atoms with van der Waals surface area (Å²) in [6.07, 6.45) is 2.04. The van der Waals surface area contributed by atoms with Crippen molar-refractivity contribution in [3.8, 4) is 5.75 Å². The molecule has 0 spiro atoms. The van der Waals surface area contributed by atoms with E-state index in [1.165, 1.54) is 5.69 Å². The first-order valence-corrected chi connectivity index (χ1v) is 10.7. The minimum atomic E-state index is 0.00430. The van der Waals surface area contributed by atoms with E-state index in [-0.39, 0.29) is 11.9 Å². The van der Waals surface area contributed by atoms with Gasteiger partial charge in [0.15, 0.2) is 0 Å². The van der Waals surface area contributed by atoms with Crippen LogP contribution in [0.15, 0.2) is 77.4 Å².